The average molecular weight is 840 g/mol. The fourth-order valence-corrected chi connectivity index (χ4v) is 6.69. The summed E-state index contributed by atoms with van der Waals surface area (Å²) in [5.41, 5.74) is 0. The molecule has 0 aliphatic rings. The van der Waals surface area contributed by atoms with Gasteiger partial charge in [-0.15, -0.1) is 0 Å². The third kappa shape index (κ3) is 40.2. The van der Waals surface area contributed by atoms with E-state index in [4.69, 9.17) is 14.2 Å². The number of unbranched alkanes of at least 4 members (excludes halogenated alkanes) is 16. The zero-order chi connectivity index (χ0) is 44.2. The Balaban J connectivity index is 4.27. The Morgan fingerprint density at radius 2 is 0.883 bits per heavy atom. The van der Waals surface area contributed by atoms with Crippen LogP contribution in [0.1, 0.15) is 187 Å². The summed E-state index contributed by atoms with van der Waals surface area (Å²) in [7, 11) is 5.40. The van der Waals surface area contributed by atoms with Gasteiger partial charge in [0.15, 0.2) is 6.10 Å². The van der Waals surface area contributed by atoms with Gasteiger partial charge in [0.2, 0.25) is 0 Å². The number of hydrogen-bond donors (Lipinski definition) is 0. The van der Waals surface area contributed by atoms with Crippen molar-refractivity contribution in [2.75, 3.05) is 41.0 Å². The minimum atomic E-state index is -1.13. The number of nitrogens with zero attached hydrogens (tertiary/aromatic N) is 1. The number of carboxylic acids is 1. The van der Waals surface area contributed by atoms with E-state index in [0.29, 0.717) is 12.8 Å². The van der Waals surface area contributed by atoms with E-state index in [-0.39, 0.29) is 42.7 Å². The fraction of sp³-hybridized carbons (Fsp3) is 0.712. The summed E-state index contributed by atoms with van der Waals surface area (Å²) >= 11 is 0. The Hall–Kier alpha value is -3.23. The normalized spacial score (nSPS) is 13.6. The van der Waals surface area contributed by atoms with Gasteiger partial charge in [0, 0.05) is 19.3 Å². The third-order valence-corrected chi connectivity index (χ3v) is 10.3. The molecule has 2 unspecified atom stereocenters. The van der Waals surface area contributed by atoms with Crippen LogP contribution in [0.5, 0.6) is 0 Å². The van der Waals surface area contributed by atoms with Gasteiger partial charge in [0.1, 0.15) is 12.6 Å². The monoisotopic (exact) mass is 840 g/mol. The lowest BCUT2D eigenvalue weighted by Gasteiger charge is -2.34. The molecule has 0 spiro atoms. The standard InChI is InChI=1S/C52H89NO7/c1-6-8-10-12-14-16-18-20-22-23-24-25-26-27-28-29-31-32-34-36-38-40-42-50(54)59-47-48(46-58-45-44-49(52(56)57)53(3,4)5)60-51(55)43-41-39-37-35-33-30-21-19-17-15-13-11-9-7-2/h8-11,14-17,20,22,24-25,48-49H,6-7,12-13,18-19,21,23,26-47H2,1-5H3/b10-8+,11-9+,16-14+,17-15+,22-20+,25-24+. The van der Waals surface area contributed by atoms with Crippen LogP contribution in [0.25, 0.3) is 0 Å². The largest absolute Gasteiger partial charge is 0.544 e. The maximum atomic E-state index is 12.7. The summed E-state index contributed by atoms with van der Waals surface area (Å²) < 4.78 is 17.2. The number of carbonyl (C=O) groups excluding carboxylic acids is 3. The topological polar surface area (TPSA) is 102 Å². The molecule has 0 amide bonds. The molecule has 0 saturated heterocycles. The number of esters is 2. The van der Waals surface area contributed by atoms with E-state index in [1.807, 2.05) is 0 Å². The number of quaternary nitrogens is 1. The zero-order valence-electron chi connectivity index (χ0n) is 39.1. The molecule has 0 aliphatic heterocycles. The predicted octanol–water partition coefficient (Wildman–Crippen LogP) is 12.2. The molecule has 0 radical (unpaired) electrons. The van der Waals surface area contributed by atoms with Crippen molar-refractivity contribution in [3.63, 3.8) is 0 Å². The number of aliphatic carboxylic acids is 1. The SMILES string of the molecule is CC/C=C/C/C=C/C/C=C/C/C=C/CCCCCCCCCCCC(=O)OCC(COCCC(C(=O)[O-])[N+](C)(C)C)OC(=O)CCCCCCCCC/C=C/C/C=C/CC. The molecule has 0 rings (SSSR count). The molecular formula is C52H89NO7. The van der Waals surface area contributed by atoms with Crippen molar-refractivity contribution in [3.8, 4) is 0 Å². The van der Waals surface area contributed by atoms with Gasteiger partial charge in [-0.25, -0.2) is 0 Å². The summed E-state index contributed by atoms with van der Waals surface area (Å²) in [4.78, 5) is 36.9. The minimum absolute atomic E-state index is 0.0327. The van der Waals surface area contributed by atoms with Crippen molar-refractivity contribution < 1.29 is 38.2 Å². The van der Waals surface area contributed by atoms with Crippen molar-refractivity contribution in [1.82, 2.24) is 0 Å². The number of ether oxygens (including phenoxy) is 3. The quantitative estimate of drug-likeness (QED) is 0.0261. The first-order valence-corrected chi connectivity index (χ1v) is 24.0. The lowest BCUT2D eigenvalue weighted by molar-refractivity contribution is -0.889. The van der Waals surface area contributed by atoms with Gasteiger partial charge < -0.3 is 28.6 Å². The van der Waals surface area contributed by atoms with Crippen LogP contribution in [-0.4, -0.2) is 75.5 Å². The number of hydrogen-bond acceptors (Lipinski definition) is 7. The van der Waals surface area contributed by atoms with Crippen molar-refractivity contribution >= 4 is 17.9 Å². The highest BCUT2D eigenvalue weighted by Crippen LogP contribution is 2.14. The van der Waals surface area contributed by atoms with E-state index in [1.165, 1.54) is 64.2 Å². The molecule has 0 saturated carbocycles. The Bertz CT molecular complexity index is 1210. The van der Waals surface area contributed by atoms with E-state index in [1.54, 1.807) is 21.1 Å². The van der Waals surface area contributed by atoms with Crippen LogP contribution < -0.4 is 5.11 Å². The Kier molecular flexibility index (Phi) is 40.2. The molecule has 0 aromatic heterocycles. The molecule has 0 fully saturated rings. The summed E-state index contributed by atoms with van der Waals surface area (Å²) in [5, 5.41) is 11.6. The van der Waals surface area contributed by atoms with Crippen LogP contribution in [0.2, 0.25) is 0 Å². The van der Waals surface area contributed by atoms with Crippen LogP contribution in [0.4, 0.5) is 0 Å². The number of carboxylic acid groups (broad SMARTS) is 1. The van der Waals surface area contributed by atoms with Crippen molar-refractivity contribution in [2.24, 2.45) is 0 Å². The first-order chi connectivity index (χ1) is 29.1. The lowest BCUT2D eigenvalue weighted by atomic mass is 10.1. The molecule has 0 N–H and O–H groups in total. The lowest BCUT2D eigenvalue weighted by Crippen LogP contribution is -2.55. The van der Waals surface area contributed by atoms with E-state index in [2.05, 4.69) is 86.8 Å². The minimum Gasteiger partial charge on any atom is -0.544 e. The molecule has 0 aromatic rings. The summed E-state index contributed by atoms with van der Waals surface area (Å²) in [6.07, 6.45) is 53.6. The van der Waals surface area contributed by atoms with Crippen molar-refractivity contribution in [2.45, 2.75) is 199 Å². The maximum Gasteiger partial charge on any atom is 0.306 e. The third-order valence-electron chi connectivity index (χ3n) is 10.3. The van der Waals surface area contributed by atoms with Gasteiger partial charge in [-0.1, -0.05) is 164 Å². The van der Waals surface area contributed by atoms with E-state index in [9.17, 15) is 19.5 Å². The van der Waals surface area contributed by atoms with Gasteiger partial charge in [-0.2, -0.15) is 0 Å². The Morgan fingerprint density at radius 1 is 0.500 bits per heavy atom. The molecule has 8 heteroatoms. The molecule has 344 valence electrons. The van der Waals surface area contributed by atoms with Gasteiger partial charge in [-0.3, -0.25) is 9.59 Å². The predicted molar refractivity (Wildman–Crippen MR) is 249 cm³/mol. The first-order valence-electron chi connectivity index (χ1n) is 24.0. The number of allylic oxidation sites excluding steroid dienone is 12. The maximum absolute atomic E-state index is 12.7. The van der Waals surface area contributed by atoms with Crippen molar-refractivity contribution in [3.05, 3.63) is 72.9 Å². The molecule has 2 atom stereocenters. The van der Waals surface area contributed by atoms with Crippen molar-refractivity contribution in [1.29, 1.82) is 0 Å². The Labute approximate surface area is 368 Å². The highest BCUT2D eigenvalue weighted by Gasteiger charge is 2.25. The number of likely N-dealkylation sites (N-methyl/N-ethyl adjacent to an activating group) is 1. The van der Waals surface area contributed by atoms with Gasteiger partial charge in [0.25, 0.3) is 0 Å². The van der Waals surface area contributed by atoms with Crippen LogP contribution in [0, 0.1) is 0 Å². The van der Waals surface area contributed by atoms with Gasteiger partial charge in [-0.05, 0) is 77.0 Å². The second-order valence-corrected chi connectivity index (χ2v) is 16.9. The van der Waals surface area contributed by atoms with Crippen LogP contribution >= 0.6 is 0 Å². The average Bonchev–Trinajstić information content (AvgIpc) is 3.21. The zero-order valence-corrected chi connectivity index (χ0v) is 39.1. The number of carbonyl (C=O) groups is 3. The Morgan fingerprint density at radius 3 is 1.30 bits per heavy atom. The smallest absolute Gasteiger partial charge is 0.306 e. The van der Waals surface area contributed by atoms with Gasteiger partial charge >= 0.3 is 11.9 Å². The highest BCUT2D eigenvalue weighted by atomic mass is 16.6. The molecular weight excluding hydrogens is 751 g/mol. The molecule has 0 bridgehead atoms. The molecule has 0 heterocycles. The van der Waals surface area contributed by atoms with E-state index in [0.717, 1.165) is 89.9 Å². The summed E-state index contributed by atoms with van der Waals surface area (Å²) in [5.74, 6) is -1.76. The summed E-state index contributed by atoms with van der Waals surface area (Å²) in [6.45, 7) is 4.43. The van der Waals surface area contributed by atoms with Crippen LogP contribution in [0.3, 0.4) is 0 Å². The first kappa shape index (κ1) is 56.8. The second-order valence-electron chi connectivity index (χ2n) is 16.9. The summed E-state index contributed by atoms with van der Waals surface area (Å²) in [6, 6.07) is -0.731. The van der Waals surface area contributed by atoms with Gasteiger partial charge in [0.05, 0.1) is 40.3 Å². The van der Waals surface area contributed by atoms with Crippen LogP contribution in [0.15, 0.2) is 72.9 Å². The highest BCUT2D eigenvalue weighted by molar-refractivity contribution is 5.70. The van der Waals surface area contributed by atoms with E-state index < -0.39 is 18.1 Å². The fourth-order valence-electron chi connectivity index (χ4n) is 6.69. The number of rotatable bonds is 42. The molecule has 60 heavy (non-hydrogen) atoms. The molecule has 0 aromatic carbocycles. The second kappa shape index (κ2) is 42.5. The van der Waals surface area contributed by atoms with Crippen LogP contribution in [-0.2, 0) is 28.6 Å². The molecule has 0 aliphatic carbocycles. The molecule has 8 nitrogen and oxygen atoms in total. The van der Waals surface area contributed by atoms with E-state index >= 15 is 0 Å².